The van der Waals surface area contributed by atoms with E-state index >= 15 is 0 Å². The average Bonchev–Trinajstić information content (AvgIpc) is 2.22. The van der Waals surface area contributed by atoms with E-state index in [9.17, 15) is 0 Å². The molecule has 0 aliphatic carbocycles. The van der Waals surface area contributed by atoms with Crippen molar-refractivity contribution in [3.8, 4) is 0 Å². The molecule has 1 aliphatic rings. The summed E-state index contributed by atoms with van der Waals surface area (Å²) in [5.74, 6) is -1.65. The van der Waals surface area contributed by atoms with Gasteiger partial charge in [-0.2, -0.15) is 9.78 Å². The molecular weight excluding hydrogens is 144 g/mol. The summed E-state index contributed by atoms with van der Waals surface area (Å²) in [6.07, 6.45) is 0. The van der Waals surface area contributed by atoms with Crippen LogP contribution in [0.3, 0.4) is 0 Å². The second-order valence-electron chi connectivity index (χ2n) is 1.04. The fraction of sp³-hybridized carbons (Fsp3) is 1.00. The van der Waals surface area contributed by atoms with Crippen molar-refractivity contribution in [3.63, 3.8) is 0 Å². The predicted octanol–water partition coefficient (Wildman–Crippen LogP) is -1.42. The van der Waals surface area contributed by atoms with E-state index in [-0.39, 0.29) is 17.1 Å². The first-order chi connectivity index (χ1) is 2.77. The largest absolute Gasteiger partial charge is 0.388 e. The van der Waals surface area contributed by atoms with Crippen molar-refractivity contribution < 1.29 is 37.1 Å². The molecule has 0 bridgehead atoms. The monoisotopic (exact) mass is 148 g/mol. The van der Waals surface area contributed by atoms with Crippen molar-refractivity contribution in [1.29, 1.82) is 0 Å². The van der Waals surface area contributed by atoms with E-state index in [0.717, 1.165) is 0 Å². The van der Waals surface area contributed by atoms with E-state index in [0.29, 0.717) is 0 Å². The second kappa shape index (κ2) is 2.09. The molecule has 0 spiro atoms. The first-order valence-electron chi connectivity index (χ1n) is 1.47. The summed E-state index contributed by atoms with van der Waals surface area (Å²) in [6.45, 7) is -0.507. The molecule has 7 heavy (non-hydrogen) atoms. The van der Waals surface area contributed by atoms with E-state index in [1.54, 1.807) is 0 Å². The minimum absolute atomic E-state index is 0. The van der Waals surface area contributed by atoms with E-state index in [1.165, 1.54) is 0 Å². The van der Waals surface area contributed by atoms with Crippen LogP contribution in [0.25, 0.3) is 0 Å². The SMILES string of the molecule is OCC1(O)OO1.[Fe]. The van der Waals surface area contributed by atoms with Crippen molar-refractivity contribution in [2.24, 2.45) is 0 Å². The molecule has 1 rings (SSSR count). The van der Waals surface area contributed by atoms with Crippen molar-refractivity contribution in [3.05, 3.63) is 0 Å². The van der Waals surface area contributed by atoms with Crippen LogP contribution in [0.4, 0.5) is 0 Å². The molecule has 2 N–H and O–H groups in total. The zero-order valence-corrected chi connectivity index (χ0v) is 4.38. The van der Waals surface area contributed by atoms with Gasteiger partial charge in [0.2, 0.25) is 0 Å². The van der Waals surface area contributed by atoms with Crippen LogP contribution in [0, 0.1) is 0 Å². The Bertz CT molecular complexity index is 60.7. The molecule has 1 fully saturated rings. The van der Waals surface area contributed by atoms with Gasteiger partial charge in [0.15, 0.2) is 0 Å². The third-order valence-electron chi connectivity index (χ3n) is 0.476. The van der Waals surface area contributed by atoms with Crippen molar-refractivity contribution in [2.45, 2.75) is 5.97 Å². The summed E-state index contributed by atoms with van der Waals surface area (Å²) in [7, 11) is 0. The Labute approximate surface area is 50.4 Å². The average molecular weight is 148 g/mol. The van der Waals surface area contributed by atoms with Gasteiger partial charge in [0.1, 0.15) is 6.61 Å². The molecule has 4 nitrogen and oxygen atoms in total. The summed E-state index contributed by atoms with van der Waals surface area (Å²) in [5.41, 5.74) is 0. The molecule has 0 aromatic rings. The molecule has 0 radical (unpaired) electrons. The first-order valence-corrected chi connectivity index (χ1v) is 1.47. The van der Waals surface area contributed by atoms with Crippen LogP contribution in [0.2, 0.25) is 0 Å². The van der Waals surface area contributed by atoms with Gasteiger partial charge in [-0.3, -0.25) is 0 Å². The molecule has 0 unspecified atom stereocenters. The third kappa shape index (κ3) is 1.73. The smallest absolute Gasteiger partial charge is 0.360 e. The van der Waals surface area contributed by atoms with Crippen LogP contribution in [0.15, 0.2) is 0 Å². The third-order valence-corrected chi connectivity index (χ3v) is 0.476. The quantitative estimate of drug-likeness (QED) is 0.272. The molecular formula is C2H4FeO4. The van der Waals surface area contributed by atoms with Gasteiger partial charge in [0, 0.05) is 17.1 Å². The molecule has 44 valence electrons. The summed E-state index contributed by atoms with van der Waals surface area (Å²) in [4.78, 5) is 7.70. The molecule has 0 aromatic carbocycles. The van der Waals surface area contributed by atoms with Crippen LogP contribution < -0.4 is 0 Å². The maximum atomic E-state index is 8.24. The molecule has 0 saturated carbocycles. The van der Waals surface area contributed by atoms with Crippen LogP contribution in [0.1, 0.15) is 0 Å². The van der Waals surface area contributed by atoms with E-state index in [4.69, 9.17) is 10.2 Å². The molecule has 5 heteroatoms. The van der Waals surface area contributed by atoms with Crippen LogP contribution >= 0.6 is 0 Å². The summed E-state index contributed by atoms with van der Waals surface area (Å²) in [5, 5.41) is 16.2. The fourth-order valence-electron chi connectivity index (χ4n) is 0.101. The topological polar surface area (TPSA) is 65.5 Å². The Morgan fingerprint density at radius 3 is 1.86 bits per heavy atom. The van der Waals surface area contributed by atoms with Gasteiger partial charge in [-0.25, -0.2) is 0 Å². The number of aliphatic hydroxyl groups is 2. The van der Waals surface area contributed by atoms with Gasteiger partial charge in [-0.15, -0.1) is 0 Å². The van der Waals surface area contributed by atoms with Gasteiger partial charge < -0.3 is 10.2 Å². The standard InChI is InChI=1S/C2H4O4.Fe/c3-1-2(4)5-6-2;/h3-4H,1H2;. The Morgan fingerprint density at radius 1 is 1.43 bits per heavy atom. The summed E-state index contributed by atoms with van der Waals surface area (Å²) < 4.78 is 0. The van der Waals surface area contributed by atoms with E-state index in [2.05, 4.69) is 9.78 Å². The molecule has 0 aromatic heterocycles. The van der Waals surface area contributed by atoms with Gasteiger partial charge in [0.05, 0.1) is 0 Å². The van der Waals surface area contributed by atoms with Gasteiger partial charge >= 0.3 is 5.97 Å². The Hall–Kier alpha value is 0.359. The number of rotatable bonds is 1. The number of hydrogen-bond donors (Lipinski definition) is 2. The Morgan fingerprint density at radius 2 is 1.86 bits per heavy atom. The Balaban J connectivity index is 0.000000360. The second-order valence-corrected chi connectivity index (χ2v) is 1.04. The molecule has 0 amide bonds. The van der Waals surface area contributed by atoms with Crippen LogP contribution in [-0.4, -0.2) is 22.8 Å². The predicted molar refractivity (Wildman–Crippen MR) is 14.2 cm³/mol. The summed E-state index contributed by atoms with van der Waals surface area (Å²) >= 11 is 0. The van der Waals surface area contributed by atoms with Crippen LogP contribution in [0.5, 0.6) is 0 Å². The van der Waals surface area contributed by atoms with E-state index in [1.807, 2.05) is 0 Å². The first kappa shape index (κ1) is 7.36. The van der Waals surface area contributed by atoms with Gasteiger partial charge in [-0.05, 0) is 0 Å². The van der Waals surface area contributed by atoms with E-state index < -0.39 is 12.6 Å². The summed E-state index contributed by atoms with van der Waals surface area (Å²) in [6, 6.07) is 0. The number of aliphatic hydroxyl groups excluding tert-OH is 1. The van der Waals surface area contributed by atoms with Crippen molar-refractivity contribution in [2.75, 3.05) is 6.61 Å². The molecule has 1 saturated heterocycles. The normalized spacial score (nSPS) is 23.1. The zero-order chi connectivity index (χ0) is 4.62. The van der Waals surface area contributed by atoms with Gasteiger partial charge in [-0.1, -0.05) is 0 Å². The van der Waals surface area contributed by atoms with Gasteiger partial charge in [0.25, 0.3) is 0 Å². The van der Waals surface area contributed by atoms with Crippen molar-refractivity contribution >= 4 is 0 Å². The minimum Gasteiger partial charge on any atom is -0.388 e. The molecule has 1 aliphatic heterocycles. The maximum Gasteiger partial charge on any atom is 0.360 e. The minimum atomic E-state index is -1.65. The molecule has 0 atom stereocenters. The maximum absolute atomic E-state index is 8.24. The van der Waals surface area contributed by atoms with Crippen molar-refractivity contribution in [1.82, 2.24) is 0 Å². The van der Waals surface area contributed by atoms with Crippen LogP contribution in [-0.2, 0) is 26.8 Å². The fourth-order valence-corrected chi connectivity index (χ4v) is 0.101. The zero-order valence-electron chi connectivity index (χ0n) is 3.27. The number of hydrogen-bond acceptors (Lipinski definition) is 4. The Kier molecular flexibility index (Phi) is 2.19. The molecule has 1 heterocycles.